The van der Waals surface area contributed by atoms with Crippen LogP contribution in [-0.4, -0.2) is 48.0 Å². The topological polar surface area (TPSA) is 120 Å². The third kappa shape index (κ3) is 6.80. The highest BCUT2D eigenvalue weighted by Gasteiger charge is 2.56. The van der Waals surface area contributed by atoms with Gasteiger partial charge < -0.3 is 15.2 Å². The monoisotopic (exact) mass is 597 g/mol. The third-order valence-corrected chi connectivity index (χ3v) is 8.46. The van der Waals surface area contributed by atoms with Crippen LogP contribution in [-0.2, 0) is 16.2 Å². The van der Waals surface area contributed by atoms with Crippen LogP contribution in [0.3, 0.4) is 0 Å². The Morgan fingerprint density at radius 2 is 2.20 bits per heavy atom. The van der Waals surface area contributed by atoms with Gasteiger partial charge in [0.05, 0.1) is 36.0 Å². The van der Waals surface area contributed by atoms with E-state index in [0.717, 1.165) is 15.6 Å². The molecule has 1 aromatic rings. The van der Waals surface area contributed by atoms with Crippen molar-refractivity contribution in [3.8, 4) is 5.75 Å². The van der Waals surface area contributed by atoms with Gasteiger partial charge in [0.25, 0.3) is 0 Å². The number of amides is 1. The minimum Gasteiger partial charge on any atom is -0.495 e. The molecule has 0 saturated heterocycles. The fourth-order valence-corrected chi connectivity index (χ4v) is 6.38. The normalized spacial score (nSPS) is 26.3. The molecule has 0 aliphatic heterocycles. The molecule has 3 saturated carbocycles. The molecule has 35 heavy (non-hydrogen) atoms. The summed E-state index contributed by atoms with van der Waals surface area (Å²) in [7, 11) is 1.60. The Kier molecular flexibility index (Phi) is 9.67. The van der Waals surface area contributed by atoms with Gasteiger partial charge in [-0.05, 0) is 77.1 Å². The van der Waals surface area contributed by atoms with Crippen LogP contribution in [0.4, 0.5) is 0 Å². The van der Waals surface area contributed by atoms with Gasteiger partial charge in [-0.3, -0.25) is 9.63 Å². The SMILES string of the molecule is COc1c(I)cccc1CN([CH]C(=O)N[C@H]1C[C@@H]2C[C@H]([C@@H]1C)C2(C)C)O[C@H]([CH][C@H](C)O)CN=[N+]=[N-]. The number of aliphatic hydroxyl groups excluding tert-OH is 1. The first kappa shape index (κ1) is 28.0. The second-order valence-corrected chi connectivity index (χ2v) is 11.4. The first-order chi connectivity index (χ1) is 16.6. The highest BCUT2D eigenvalue weighted by atomic mass is 127. The Morgan fingerprint density at radius 1 is 1.46 bits per heavy atom. The van der Waals surface area contributed by atoms with Crippen LogP contribution in [0.15, 0.2) is 23.3 Å². The van der Waals surface area contributed by atoms with Crippen molar-refractivity contribution in [3.63, 3.8) is 0 Å². The standard InChI is InChI=1S/C25H36IN5O4/c1-15(32)9-19(12-28-30-27)35-31(13-17-7-6-8-21(26)24(17)34-5)14-23(33)29-22-11-18-10-20(16(22)2)25(18,3)4/h6-9,14-16,18-20,22,32H,10-13H2,1-5H3,(H,29,33)/t15-,16-,18-,19+,20+,22-/m0/s1. The van der Waals surface area contributed by atoms with Gasteiger partial charge in [0.15, 0.2) is 0 Å². The molecule has 6 atom stereocenters. The number of halogens is 1. The molecular weight excluding hydrogens is 561 g/mol. The quantitative estimate of drug-likeness (QED) is 0.120. The number of nitrogens with one attached hydrogen (secondary N) is 1. The zero-order valence-electron chi connectivity index (χ0n) is 21.0. The number of carbonyl (C=O) groups is 1. The van der Waals surface area contributed by atoms with Crippen molar-refractivity contribution in [3.05, 3.63) is 50.7 Å². The second-order valence-electron chi connectivity index (χ2n) is 10.2. The molecule has 0 spiro atoms. The Labute approximate surface area is 221 Å². The highest BCUT2D eigenvalue weighted by Crippen LogP contribution is 2.61. The van der Waals surface area contributed by atoms with Gasteiger partial charge in [-0.25, -0.2) is 0 Å². The van der Waals surface area contributed by atoms with Crippen molar-refractivity contribution in [2.75, 3.05) is 13.7 Å². The van der Waals surface area contributed by atoms with Crippen LogP contribution in [0.2, 0.25) is 0 Å². The molecule has 0 aromatic heterocycles. The summed E-state index contributed by atoms with van der Waals surface area (Å²) in [6.45, 7) is 10.1. The van der Waals surface area contributed by atoms with E-state index in [0.29, 0.717) is 28.9 Å². The van der Waals surface area contributed by atoms with E-state index in [4.69, 9.17) is 15.1 Å². The average molecular weight is 597 g/mol. The number of fused-ring (bicyclic) bond motifs is 2. The van der Waals surface area contributed by atoms with Crippen molar-refractivity contribution in [1.29, 1.82) is 0 Å². The maximum absolute atomic E-state index is 13.1. The molecule has 1 amide bonds. The number of carbonyl (C=O) groups excluding carboxylic acids is 1. The molecular formula is C25H36IN5O4. The third-order valence-electron chi connectivity index (χ3n) is 7.61. The van der Waals surface area contributed by atoms with E-state index < -0.39 is 12.2 Å². The number of hydroxylamine groups is 2. The Balaban J connectivity index is 1.73. The zero-order chi connectivity index (χ0) is 25.8. The average Bonchev–Trinajstić information content (AvgIpc) is 2.78. The lowest BCUT2D eigenvalue weighted by Gasteiger charge is -2.62. The van der Waals surface area contributed by atoms with Crippen LogP contribution >= 0.6 is 22.6 Å². The molecule has 10 heteroatoms. The number of hydrogen-bond acceptors (Lipinski definition) is 6. The minimum atomic E-state index is -0.782. The van der Waals surface area contributed by atoms with Crippen LogP contribution in [0.1, 0.15) is 46.1 Å². The number of azide groups is 1. The summed E-state index contributed by atoms with van der Waals surface area (Å²) in [6, 6.07) is 5.87. The largest absolute Gasteiger partial charge is 0.495 e. The van der Waals surface area contributed by atoms with Crippen molar-refractivity contribution in [1.82, 2.24) is 10.4 Å². The highest BCUT2D eigenvalue weighted by molar-refractivity contribution is 14.1. The molecule has 2 N–H and O–H groups in total. The van der Waals surface area contributed by atoms with E-state index in [1.165, 1.54) is 24.4 Å². The Bertz CT molecular complexity index is 936. The molecule has 0 heterocycles. The maximum atomic E-state index is 13.1. The van der Waals surface area contributed by atoms with Crippen molar-refractivity contribution < 1.29 is 19.5 Å². The number of aliphatic hydroxyl groups is 1. The lowest BCUT2D eigenvalue weighted by atomic mass is 9.45. The van der Waals surface area contributed by atoms with E-state index in [1.807, 2.05) is 18.2 Å². The summed E-state index contributed by atoms with van der Waals surface area (Å²) < 4.78 is 6.51. The Hall–Kier alpha value is -1.59. The summed E-state index contributed by atoms with van der Waals surface area (Å²) in [6.07, 6.45) is 2.24. The van der Waals surface area contributed by atoms with Gasteiger partial charge in [-0.1, -0.05) is 38.0 Å². The smallest absolute Gasteiger partial charge is 0.242 e. The molecule has 9 nitrogen and oxygen atoms in total. The maximum Gasteiger partial charge on any atom is 0.242 e. The first-order valence-corrected chi connectivity index (χ1v) is 13.1. The van der Waals surface area contributed by atoms with Gasteiger partial charge in [-0.15, -0.1) is 0 Å². The van der Waals surface area contributed by atoms with Crippen molar-refractivity contribution in [2.24, 2.45) is 28.3 Å². The van der Waals surface area contributed by atoms with Crippen LogP contribution in [0.25, 0.3) is 10.4 Å². The zero-order valence-corrected chi connectivity index (χ0v) is 23.2. The molecule has 2 radical (unpaired) electrons. The summed E-state index contributed by atoms with van der Waals surface area (Å²) >= 11 is 2.20. The number of para-hydroxylation sites is 1. The van der Waals surface area contributed by atoms with Crippen molar-refractivity contribution >= 4 is 28.5 Å². The number of hydrogen-bond donors (Lipinski definition) is 2. The second kappa shape index (κ2) is 12.1. The minimum absolute atomic E-state index is 0.0189. The number of ether oxygens (including phenoxy) is 1. The summed E-state index contributed by atoms with van der Waals surface area (Å²) in [4.78, 5) is 21.9. The molecule has 3 fully saturated rings. The van der Waals surface area contributed by atoms with E-state index >= 15 is 0 Å². The predicted molar refractivity (Wildman–Crippen MR) is 142 cm³/mol. The number of benzene rings is 1. The van der Waals surface area contributed by atoms with Gasteiger partial charge in [-0.2, -0.15) is 5.06 Å². The molecule has 0 unspecified atom stereocenters. The molecule has 1 aromatic carbocycles. The number of rotatable bonds is 12. The van der Waals surface area contributed by atoms with Crippen molar-refractivity contribution in [2.45, 2.75) is 65.3 Å². The predicted octanol–water partition coefficient (Wildman–Crippen LogP) is 4.65. The number of nitrogens with zero attached hydrogens (tertiary/aromatic N) is 4. The molecule has 192 valence electrons. The summed E-state index contributed by atoms with van der Waals surface area (Å²) in [5, 5.41) is 18.1. The molecule has 4 rings (SSSR count). The lowest BCUT2D eigenvalue weighted by Crippen LogP contribution is -2.60. The van der Waals surface area contributed by atoms with E-state index in [2.05, 4.69) is 58.7 Å². The fraction of sp³-hybridized carbons (Fsp3) is 0.640. The number of methoxy groups -OCH3 is 1. The van der Waals surface area contributed by atoms with Gasteiger partial charge in [0.2, 0.25) is 5.91 Å². The summed E-state index contributed by atoms with van der Waals surface area (Å²) in [5.41, 5.74) is 9.92. The van der Waals surface area contributed by atoms with Gasteiger partial charge in [0.1, 0.15) is 12.3 Å². The summed E-state index contributed by atoms with van der Waals surface area (Å²) in [5.74, 6) is 2.10. The van der Waals surface area contributed by atoms with E-state index in [9.17, 15) is 9.90 Å². The lowest BCUT2D eigenvalue weighted by molar-refractivity contribution is -0.180. The molecule has 3 aliphatic rings. The van der Waals surface area contributed by atoms with Crippen LogP contribution < -0.4 is 10.1 Å². The molecule has 3 aliphatic carbocycles. The molecule has 2 bridgehead atoms. The van der Waals surface area contributed by atoms with Gasteiger partial charge in [0, 0.05) is 22.9 Å². The van der Waals surface area contributed by atoms with Crippen LogP contribution in [0, 0.1) is 39.7 Å². The van der Waals surface area contributed by atoms with Gasteiger partial charge >= 0.3 is 0 Å². The van der Waals surface area contributed by atoms with E-state index in [1.54, 1.807) is 14.0 Å². The Morgan fingerprint density at radius 3 is 2.80 bits per heavy atom. The first-order valence-electron chi connectivity index (χ1n) is 12.0. The fourth-order valence-electron chi connectivity index (χ4n) is 5.61. The van der Waals surface area contributed by atoms with E-state index in [-0.39, 0.29) is 25.0 Å². The van der Waals surface area contributed by atoms with Crippen LogP contribution in [0.5, 0.6) is 5.75 Å².